The zero-order chi connectivity index (χ0) is 18.9. The molecule has 2 aromatic rings. The van der Waals surface area contributed by atoms with Gasteiger partial charge >= 0.3 is 0 Å². The molecule has 0 radical (unpaired) electrons. The Labute approximate surface area is 158 Å². The second kappa shape index (κ2) is 10.3. The largest absolute Gasteiger partial charge is 0.372 e. The van der Waals surface area contributed by atoms with Gasteiger partial charge in [0.1, 0.15) is 12.4 Å². The second-order valence-electron chi connectivity index (χ2n) is 6.15. The van der Waals surface area contributed by atoms with Crippen LogP contribution in [0.25, 0.3) is 11.0 Å². The van der Waals surface area contributed by atoms with E-state index < -0.39 is 0 Å². The average molecular weight is 381 g/mol. The lowest BCUT2D eigenvalue weighted by Gasteiger charge is -2.11. The van der Waals surface area contributed by atoms with E-state index in [9.17, 15) is 4.79 Å². The molecule has 0 atom stereocenters. The van der Waals surface area contributed by atoms with Crippen LogP contribution < -0.4 is 10.6 Å². The summed E-state index contributed by atoms with van der Waals surface area (Å²) in [6.45, 7) is 10.7. The number of amides is 1. The Hall–Kier alpha value is -1.87. The van der Waals surface area contributed by atoms with E-state index in [4.69, 9.17) is 4.74 Å². The van der Waals surface area contributed by atoms with Gasteiger partial charge in [0, 0.05) is 19.7 Å². The predicted octanol–water partition coefficient (Wildman–Crippen LogP) is 2.16. The van der Waals surface area contributed by atoms with Crippen molar-refractivity contribution in [1.29, 1.82) is 0 Å². The van der Waals surface area contributed by atoms with Gasteiger partial charge in [-0.3, -0.25) is 4.79 Å². The van der Waals surface area contributed by atoms with Crippen molar-refractivity contribution < 1.29 is 9.53 Å². The molecule has 0 spiro atoms. The molecule has 0 saturated heterocycles. The highest BCUT2D eigenvalue weighted by molar-refractivity contribution is 7.99. The average Bonchev–Trinajstić information content (AvgIpc) is 3.01. The number of hydrogen-bond donors (Lipinski definition) is 2. The van der Waals surface area contributed by atoms with Crippen molar-refractivity contribution in [2.75, 3.05) is 37.4 Å². The number of ether oxygens (including phenoxy) is 1. The minimum atomic E-state index is -0.126. The van der Waals surface area contributed by atoms with E-state index in [1.165, 1.54) is 0 Å². The van der Waals surface area contributed by atoms with Crippen LogP contribution in [0.4, 0.5) is 5.82 Å². The molecule has 2 rings (SSSR count). The Kier molecular flexibility index (Phi) is 8.11. The van der Waals surface area contributed by atoms with Crippen LogP contribution in [0.5, 0.6) is 0 Å². The number of rotatable bonds is 11. The van der Waals surface area contributed by atoms with Crippen LogP contribution >= 0.6 is 11.8 Å². The molecule has 0 bridgehead atoms. The van der Waals surface area contributed by atoms with Gasteiger partial charge in [-0.1, -0.05) is 32.5 Å². The van der Waals surface area contributed by atoms with Crippen molar-refractivity contribution in [2.45, 2.75) is 39.4 Å². The number of aromatic nitrogens is 4. The molecule has 2 aromatic heterocycles. The number of hydrogen-bond acceptors (Lipinski definition) is 7. The van der Waals surface area contributed by atoms with E-state index >= 15 is 0 Å². The number of nitrogens with one attached hydrogen (secondary N) is 2. The fourth-order valence-electron chi connectivity index (χ4n) is 2.28. The van der Waals surface area contributed by atoms with Crippen LogP contribution in [0.15, 0.2) is 11.4 Å². The lowest BCUT2D eigenvalue weighted by Crippen LogP contribution is -2.30. The maximum absolute atomic E-state index is 11.6. The number of fused-ring (bicyclic) bond motifs is 1. The number of carbonyl (C=O) groups excluding carboxylic acids is 1. The maximum atomic E-state index is 11.6. The van der Waals surface area contributed by atoms with Crippen molar-refractivity contribution in [2.24, 2.45) is 5.92 Å². The van der Waals surface area contributed by atoms with Gasteiger partial charge in [-0.15, -0.1) is 0 Å². The summed E-state index contributed by atoms with van der Waals surface area (Å²) in [5, 5.41) is 12.3. The van der Waals surface area contributed by atoms with Crippen molar-refractivity contribution >= 4 is 34.5 Å². The Morgan fingerprint density at radius 2 is 2.15 bits per heavy atom. The summed E-state index contributed by atoms with van der Waals surface area (Å²) in [7, 11) is 0. The summed E-state index contributed by atoms with van der Waals surface area (Å²) in [5.74, 6) is 2.10. The van der Waals surface area contributed by atoms with Gasteiger partial charge in [0.05, 0.1) is 18.1 Å². The molecule has 0 aliphatic carbocycles. The zero-order valence-electron chi connectivity index (χ0n) is 15.9. The van der Waals surface area contributed by atoms with E-state index in [1.807, 2.05) is 6.92 Å². The first-order valence-corrected chi connectivity index (χ1v) is 9.98. The summed E-state index contributed by atoms with van der Waals surface area (Å²) in [4.78, 5) is 20.9. The third kappa shape index (κ3) is 5.84. The maximum Gasteiger partial charge on any atom is 0.246 e. The summed E-state index contributed by atoms with van der Waals surface area (Å²) < 4.78 is 6.90. The molecule has 0 aliphatic rings. The number of thioether (sulfide) groups is 1. The molecule has 26 heavy (non-hydrogen) atoms. The number of anilines is 1. The van der Waals surface area contributed by atoms with E-state index in [2.05, 4.69) is 46.5 Å². The first-order chi connectivity index (χ1) is 12.5. The van der Waals surface area contributed by atoms with Crippen LogP contribution in [-0.2, 0) is 16.1 Å². The minimum absolute atomic E-state index is 0.0824. The molecular weight excluding hydrogens is 352 g/mol. The summed E-state index contributed by atoms with van der Waals surface area (Å²) in [6, 6.07) is 0. The van der Waals surface area contributed by atoms with E-state index in [-0.39, 0.29) is 12.5 Å². The van der Waals surface area contributed by atoms with Gasteiger partial charge in [0.2, 0.25) is 5.91 Å². The fourth-order valence-corrected chi connectivity index (χ4v) is 2.84. The number of nitrogens with zero attached hydrogens (tertiary/aromatic N) is 4. The Morgan fingerprint density at radius 3 is 2.85 bits per heavy atom. The van der Waals surface area contributed by atoms with Gasteiger partial charge in [-0.05, 0) is 18.6 Å². The third-order valence-corrected chi connectivity index (χ3v) is 4.24. The van der Waals surface area contributed by atoms with Crippen LogP contribution in [0.1, 0.15) is 27.7 Å². The molecular formula is C17H28N6O2S. The molecule has 0 fully saturated rings. The second-order valence-corrected chi connectivity index (χ2v) is 7.39. The van der Waals surface area contributed by atoms with Crippen molar-refractivity contribution in [3.8, 4) is 0 Å². The van der Waals surface area contributed by atoms with Gasteiger partial charge in [0.25, 0.3) is 0 Å². The quantitative estimate of drug-likeness (QED) is 0.456. The lowest BCUT2D eigenvalue weighted by molar-refractivity contribution is -0.125. The predicted molar refractivity (Wildman–Crippen MR) is 105 cm³/mol. The summed E-state index contributed by atoms with van der Waals surface area (Å²) >= 11 is 1.60. The Bertz CT molecular complexity index is 719. The molecule has 9 heteroatoms. The van der Waals surface area contributed by atoms with Crippen molar-refractivity contribution in [1.82, 2.24) is 25.1 Å². The SMILES string of the molecule is CCOCC(=O)NCCn1ncc2c(NCC(C)C)nc(SCC)nc21. The highest BCUT2D eigenvalue weighted by atomic mass is 32.2. The topological polar surface area (TPSA) is 94.0 Å². The molecule has 0 unspecified atom stereocenters. The molecule has 144 valence electrons. The van der Waals surface area contributed by atoms with Crippen LogP contribution in [0, 0.1) is 5.92 Å². The highest BCUT2D eigenvalue weighted by Crippen LogP contribution is 2.24. The molecule has 8 nitrogen and oxygen atoms in total. The van der Waals surface area contributed by atoms with E-state index in [0.717, 1.165) is 34.3 Å². The molecule has 0 aromatic carbocycles. The number of carbonyl (C=O) groups is 1. The molecule has 2 N–H and O–H groups in total. The van der Waals surface area contributed by atoms with Crippen molar-refractivity contribution in [3.05, 3.63) is 6.20 Å². The van der Waals surface area contributed by atoms with Crippen LogP contribution in [0.2, 0.25) is 0 Å². The van der Waals surface area contributed by atoms with E-state index in [1.54, 1.807) is 22.6 Å². The van der Waals surface area contributed by atoms with Gasteiger partial charge in [-0.25, -0.2) is 14.6 Å². The molecule has 0 saturated carbocycles. The Balaban J connectivity index is 2.13. The summed E-state index contributed by atoms with van der Waals surface area (Å²) in [5.41, 5.74) is 0.779. The zero-order valence-corrected chi connectivity index (χ0v) is 16.7. The molecule has 2 heterocycles. The van der Waals surface area contributed by atoms with Gasteiger partial charge < -0.3 is 15.4 Å². The van der Waals surface area contributed by atoms with Gasteiger partial charge in [-0.2, -0.15) is 5.10 Å². The fraction of sp³-hybridized carbons (Fsp3) is 0.647. The molecule has 1 amide bonds. The van der Waals surface area contributed by atoms with Crippen LogP contribution in [0.3, 0.4) is 0 Å². The normalized spacial score (nSPS) is 11.3. The first-order valence-electron chi connectivity index (χ1n) is 8.99. The monoisotopic (exact) mass is 380 g/mol. The highest BCUT2D eigenvalue weighted by Gasteiger charge is 2.13. The van der Waals surface area contributed by atoms with Gasteiger partial charge in [0.15, 0.2) is 10.8 Å². The lowest BCUT2D eigenvalue weighted by atomic mass is 10.2. The van der Waals surface area contributed by atoms with Crippen LogP contribution in [-0.4, -0.2) is 57.7 Å². The Morgan fingerprint density at radius 1 is 1.35 bits per heavy atom. The van der Waals surface area contributed by atoms with E-state index in [0.29, 0.717) is 25.6 Å². The first kappa shape index (κ1) is 20.4. The third-order valence-electron chi connectivity index (χ3n) is 3.51. The molecule has 0 aliphatic heterocycles. The standard InChI is InChI=1S/C17H28N6O2S/c1-5-25-11-14(24)18-7-8-23-16-13(10-20-23)15(19-9-12(3)4)21-17(22-16)26-6-2/h10,12H,5-9,11H2,1-4H3,(H,18,24)(H,19,21,22). The summed E-state index contributed by atoms with van der Waals surface area (Å²) in [6.07, 6.45) is 1.78. The smallest absolute Gasteiger partial charge is 0.246 e. The van der Waals surface area contributed by atoms with Crippen molar-refractivity contribution in [3.63, 3.8) is 0 Å². The minimum Gasteiger partial charge on any atom is -0.372 e.